The first-order chi connectivity index (χ1) is 8.59. The quantitative estimate of drug-likeness (QED) is 0.587. The highest BCUT2D eigenvalue weighted by Gasteiger charge is 2.62. The van der Waals surface area contributed by atoms with Crippen molar-refractivity contribution in [2.24, 2.45) is 23.2 Å². The van der Waals surface area contributed by atoms with E-state index >= 15 is 0 Å². The zero-order valence-corrected chi connectivity index (χ0v) is 14.5. The van der Waals surface area contributed by atoms with Crippen LogP contribution in [0, 0.1) is 23.2 Å². The van der Waals surface area contributed by atoms with Gasteiger partial charge >= 0.3 is 0 Å². The molecule has 0 saturated heterocycles. The molecular weight excluding hydrogens is 230 g/mol. The van der Waals surface area contributed by atoms with Gasteiger partial charge in [0.1, 0.15) is 0 Å². The summed E-state index contributed by atoms with van der Waals surface area (Å²) in [6.45, 7) is 20.6. The Morgan fingerprint density at radius 3 is 2.16 bits per heavy atom. The lowest BCUT2D eigenvalue weighted by molar-refractivity contribution is 0.104. The number of rotatable bonds is 7. The molecule has 1 aliphatic rings. The van der Waals surface area contributed by atoms with Crippen LogP contribution in [0.2, 0.25) is 0 Å². The average molecular weight is 265 g/mol. The minimum atomic E-state index is 0.250. The summed E-state index contributed by atoms with van der Waals surface area (Å²) in [7, 11) is 2.32. The third-order valence-electron chi connectivity index (χ3n) is 5.56. The molecule has 0 aromatic rings. The first-order valence-corrected chi connectivity index (χ1v) is 7.95. The first kappa shape index (κ1) is 16.8. The van der Waals surface area contributed by atoms with Crippen LogP contribution in [0.25, 0.3) is 0 Å². The van der Waals surface area contributed by atoms with Crippen molar-refractivity contribution in [3.8, 4) is 0 Å². The smallest absolute Gasteiger partial charge is 0.0188 e. The molecule has 0 aromatic heterocycles. The van der Waals surface area contributed by atoms with Gasteiger partial charge in [-0.3, -0.25) is 4.90 Å². The first-order valence-electron chi connectivity index (χ1n) is 7.95. The van der Waals surface area contributed by atoms with Gasteiger partial charge in [-0.05, 0) is 56.9 Å². The molecule has 3 atom stereocenters. The van der Waals surface area contributed by atoms with E-state index in [0.29, 0.717) is 11.3 Å². The standard InChI is InChI=1S/C18H35N/c1-10-14(11-2)12-17(5,6)19(9)16-15(13(3)4)18(16,7)8/h10,13-16H,1,11-12H2,2-9H3. The highest BCUT2D eigenvalue weighted by molar-refractivity contribution is 5.14. The maximum atomic E-state index is 3.99. The van der Waals surface area contributed by atoms with Gasteiger partial charge in [-0.1, -0.05) is 40.7 Å². The summed E-state index contributed by atoms with van der Waals surface area (Å²) in [6, 6.07) is 0.727. The molecule has 0 aromatic carbocycles. The maximum Gasteiger partial charge on any atom is 0.0188 e. The van der Waals surface area contributed by atoms with Gasteiger partial charge in [-0.25, -0.2) is 0 Å². The molecule has 1 heteroatoms. The van der Waals surface area contributed by atoms with Crippen LogP contribution in [-0.4, -0.2) is 23.5 Å². The minimum absolute atomic E-state index is 0.250. The highest BCUT2D eigenvalue weighted by Crippen LogP contribution is 2.59. The van der Waals surface area contributed by atoms with E-state index in [0.717, 1.165) is 17.9 Å². The predicted octanol–water partition coefficient (Wildman–Crippen LogP) is 4.98. The van der Waals surface area contributed by atoms with Crippen molar-refractivity contribution in [1.29, 1.82) is 0 Å². The fraction of sp³-hybridized carbons (Fsp3) is 0.889. The van der Waals surface area contributed by atoms with Crippen molar-refractivity contribution in [2.45, 2.75) is 72.9 Å². The monoisotopic (exact) mass is 265 g/mol. The van der Waals surface area contributed by atoms with Crippen molar-refractivity contribution < 1.29 is 0 Å². The Hall–Kier alpha value is -0.300. The topological polar surface area (TPSA) is 3.24 Å². The highest BCUT2D eigenvalue weighted by atomic mass is 15.2. The van der Waals surface area contributed by atoms with Crippen molar-refractivity contribution in [3.63, 3.8) is 0 Å². The molecule has 0 amide bonds. The molecule has 19 heavy (non-hydrogen) atoms. The molecule has 0 heterocycles. The molecule has 0 aliphatic heterocycles. The summed E-state index contributed by atoms with van der Waals surface area (Å²) in [5.41, 5.74) is 0.719. The summed E-state index contributed by atoms with van der Waals surface area (Å²) in [4.78, 5) is 2.64. The Balaban J connectivity index is 2.77. The maximum absolute atomic E-state index is 3.99. The van der Waals surface area contributed by atoms with E-state index < -0.39 is 0 Å². The van der Waals surface area contributed by atoms with Gasteiger partial charge < -0.3 is 0 Å². The fourth-order valence-electron chi connectivity index (χ4n) is 4.17. The SMILES string of the molecule is C=CC(CC)CC(C)(C)N(C)C1C(C(C)C)C1(C)C. The molecule has 0 spiro atoms. The van der Waals surface area contributed by atoms with Crippen LogP contribution < -0.4 is 0 Å². The van der Waals surface area contributed by atoms with Gasteiger partial charge in [0.15, 0.2) is 0 Å². The molecule has 1 nitrogen and oxygen atoms in total. The van der Waals surface area contributed by atoms with E-state index in [4.69, 9.17) is 0 Å². The Bertz CT molecular complexity index is 314. The van der Waals surface area contributed by atoms with Gasteiger partial charge in [-0.15, -0.1) is 6.58 Å². The molecule has 1 aliphatic carbocycles. The molecule has 3 unspecified atom stereocenters. The van der Waals surface area contributed by atoms with Crippen molar-refractivity contribution in [1.82, 2.24) is 4.90 Å². The Morgan fingerprint density at radius 1 is 1.32 bits per heavy atom. The Kier molecular flexibility index (Phi) is 4.93. The minimum Gasteiger partial charge on any atom is -0.297 e. The van der Waals surface area contributed by atoms with Crippen molar-refractivity contribution >= 4 is 0 Å². The Morgan fingerprint density at radius 2 is 1.84 bits per heavy atom. The summed E-state index contributed by atoms with van der Waals surface area (Å²) < 4.78 is 0. The summed E-state index contributed by atoms with van der Waals surface area (Å²) in [5, 5.41) is 0. The molecule has 0 bridgehead atoms. The largest absolute Gasteiger partial charge is 0.297 e. The molecular formula is C18H35N. The second-order valence-electron chi connectivity index (χ2n) is 8.07. The van der Waals surface area contributed by atoms with Crippen LogP contribution in [0.1, 0.15) is 61.3 Å². The van der Waals surface area contributed by atoms with Gasteiger partial charge in [0.2, 0.25) is 0 Å². The van der Waals surface area contributed by atoms with E-state index in [1.54, 1.807) is 0 Å². The second kappa shape index (κ2) is 5.60. The fourth-order valence-corrected chi connectivity index (χ4v) is 4.17. The second-order valence-corrected chi connectivity index (χ2v) is 8.07. The lowest BCUT2D eigenvalue weighted by atomic mass is 9.87. The zero-order valence-electron chi connectivity index (χ0n) is 14.5. The number of hydrogen-bond donors (Lipinski definition) is 0. The van der Waals surface area contributed by atoms with E-state index in [1.807, 2.05) is 0 Å². The van der Waals surface area contributed by atoms with Crippen molar-refractivity contribution in [3.05, 3.63) is 12.7 Å². The predicted molar refractivity (Wildman–Crippen MR) is 86.3 cm³/mol. The molecule has 1 saturated carbocycles. The van der Waals surface area contributed by atoms with Crippen LogP contribution in [0.15, 0.2) is 12.7 Å². The molecule has 0 N–H and O–H groups in total. The molecule has 1 fully saturated rings. The normalized spacial score (nSPS) is 27.7. The van der Waals surface area contributed by atoms with E-state index in [-0.39, 0.29) is 5.54 Å². The van der Waals surface area contributed by atoms with Crippen molar-refractivity contribution in [2.75, 3.05) is 7.05 Å². The van der Waals surface area contributed by atoms with Crippen LogP contribution in [0.3, 0.4) is 0 Å². The van der Waals surface area contributed by atoms with Gasteiger partial charge in [-0.2, -0.15) is 0 Å². The van der Waals surface area contributed by atoms with Crippen LogP contribution >= 0.6 is 0 Å². The third-order valence-corrected chi connectivity index (χ3v) is 5.56. The number of allylic oxidation sites excluding steroid dienone is 1. The van der Waals surface area contributed by atoms with Gasteiger partial charge in [0.05, 0.1) is 0 Å². The number of hydrogen-bond acceptors (Lipinski definition) is 1. The molecule has 112 valence electrons. The Labute approximate surface area is 121 Å². The van der Waals surface area contributed by atoms with Crippen LogP contribution in [0.5, 0.6) is 0 Å². The van der Waals surface area contributed by atoms with E-state index in [9.17, 15) is 0 Å². The summed E-state index contributed by atoms with van der Waals surface area (Å²) >= 11 is 0. The molecule has 1 rings (SSSR count). The van der Waals surface area contributed by atoms with E-state index in [2.05, 4.69) is 73.1 Å². The average Bonchev–Trinajstić information content (AvgIpc) is 2.88. The zero-order chi connectivity index (χ0) is 15.0. The lowest BCUT2D eigenvalue weighted by Gasteiger charge is -2.39. The van der Waals surface area contributed by atoms with Crippen LogP contribution in [-0.2, 0) is 0 Å². The number of nitrogens with zero attached hydrogens (tertiary/aromatic N) is 1. The summed E-state index contributed by atoms with van der Waals surface area (Å²) in [6.07, 6.45) is 4.54. The van der Waals surface area contributed by atoms with Gasteiger partial charge in [0.25, 0.3) is 0 Å². The lowest BCUT2D eigenvalue weighted by Crippen LogP contribution is -2.45. The van der Waals surface area contributed by atoms with Crippen LogP contribution in [0.4, 0.5) is 0 Å². The van der Waals surface area contributed by atoms with Gasteiger partial charge in [0, 0.05) is 11.6 Å². The van der Waals surface area contributed by atoms with E-state index in [1.165, 1.54) is 12.8 Å². The molecule has 0 radical (unpaired) electrons. The summed E-state index contributed by atoms with van der Waals surface area (Å²) in [5.74, 6) is 2.25. The third kappa shape index (κ3) is 3.24.